The minimum absolute atomic E-state index is 0.207. The zero-order chi connectivity index (χ0) is 10.4. The number of nitrogens with one attached hydrogen (secondary N) is 2. The highest BCUT2D eigenvalue weighted by molar-refractivity contribution is 5.64. The lowest BCUT2D eigenvalue weighted by Crippen LogP contribution is -2.44. The standard InChI is InChI=1S/C10H20N2O2/c1-2-3-10(8-12-9(13)14)4-6-11-7-5-10/h11-12H,2-8H2,1H3,(H,13,14). The van der Waals surface area contributed by atoms with Crippen LogP contribution in [-0.2, 0) is 0 Å². The third-order valence-corrected chi connectivity index (χ3v) is 3.06. The molecule has 0 aromatic rings. The second kappa shape index (κ2) is 5.20. The third-order valence-electron chi connectivity index (χ3n) is 3.06. The molecule has 1 aliphatic rings. The second-order valence-corrected chi connectivity index (χ2v) is 4.16. The van der Waals surface area contributed by atoms with E-state index >= 15 is 0 Å². The summed E-state index contributed by atoms with van der Waals surface area (Å²) in [5.41, 5.74) is 0.207. The molecule has 0 saturated carbocycles. The van der Waals surface area contributed by atoms with E-state index in [2.05, 4.69) is 17.6 Å². The molecule has 1 heterocycles. The van der Waals surface area contributed by atoms with E-state index in [1.807, 2.05) is 0 Å². The molecule has 1 saturated heterocycles. The van der Waals surface area contributed by atoms with Gasteiger partial charge in [-0.3, -0.25) is 0 Å². The van der Waals surface area contributed by atoms with Crippen LogP contribution in [0.3, 0.4) is 0 Å². The summed E-state index contributed by atoms with van der Waals surface area (Å²) in [5.74, 6) is 0. The molecule has 4 nitrogen and oxygen atoms in total. The first-order valence-electron chi connectivity index (χ1n) is 5.36. The molecular weight excluding hydrogens is 180 g/mol. The SMILES string of the molecule is CCCC1(CNC(=O)O)CCNCC1. The fourth-order valence-electron chi connectivity index (χ4n) is 2.27. The average Bonchev–Trinajstić information content (AvgIpc) is 2.17. The Bertz CT molecular complexity index is 183. The Labute approximate surface area is 85.1 Å². The van der Waals surface area contributed by atoms with Gasteiger partial charge in [-0.15, -0.1) is 0 Å². The largest absolute Gasteiger partial charge is 0.465 e. The molecular formula is C10H20N2O2. The molecule has 0 bridgehead atoms. The molecule has 0 aromatic heterocycles. The predicted molar refractivity (Wildman–Crippen MR) is 55.5 cm³/mol. The molecule has 1 aliphatic heterocycles. The summed E-state index contributed by atoms with van der Waals surface area (Å²) in [6.45, 7) is 4.80. The van der Waals surface area contributed by atoms with Crippen molar-refractivity contribution < 1.29 is 9.90 Å². The first-order chi connectivity index (χ1) is 6.68. The molecule has 82 valence electrons. The Kier molecular flexibility index (Phi) is 4.20. The first kappa shape index (κ1) is 11.3. The summed E-state index contributed by atoms with van der Waals surface area (Å²) < 4.78 is 0. The van der Waals surface area contributed by atoms with Crippen LogP contribution >= 0.6 is 0 Å². The van der Waals surface area contributed by atoms with E-state index < -0.39 is 6.09 Å². The van der Waals surface area contributed by atoms with Crippen molar-refractivity contribution in [1.82, 2.24) is 10.6 Å². The van der Waals surface area contributed by atoms with E-state index in [1.54, 1.807) is 0 Å². The lowest BCUT2D eigenvalue weighted by Gasteiger charge is -2.37. The van der Waals surface area contributed by atoms with E-state index in [0.717, 1.165) is 38.8 Å². The minimum Gasteiger partial charge on any atom is -0.465 e. The van der Waals surface area contributed by atoms with Crippen molar-refractivity contribution in [2.45, 2.75) is 32.6 Å². The highest BCUT2D eigenvalue weighted by Crippen LogP contribution is 2.33. The van der Waals surface area contributed by atoms with Gasteiger partial charge >= 0.3 is 6.09 Å². The number of piperidine rings is 1. The van der Waals surface area contributed by atoms with Crippen LogP contribution in [0.15, 0.2) is 0 Å². The number of hydrogen-bond acceptors (Lipinski definition) is 2. The Morgan fingerprint density at radius 3 is 2.64 bits per heavy atom. The van der Waals surface area contributed by atoms with Gasteiger partial charge in [-0.05, 0) is 37.8 Å². The number of rotatable bonds is 4. The van der Waals surface area contributed by atoms with Crippen molar-refractivity contribution in [2.75, 3.05) is 19.6 Å². The fraction of sp³-hybridized carbons (Fsp3) is 0.900. The van der Waals surface area contributed by atoms with Crippen LogP contribution in [0.4, 0.5) is 4.79 Å². The van der Waals surface area contributed by atoms with Gasteiger partial charge < -0.3 is 15.7 Å². The molecule has 3 N–H and O–H groups in total. The monoisotopic (exact) mass is 200 g/mol. The predicted octanol–water partition coefficient (Wildman–Crippen LogP) is 1.42. The first-order valence-corrected chi connectivity index (χ1v) is 5.36. The van der Waals surface area contributed by atoms with Crippen LogP contribution in [0, 0.1) is 5.41 Å². The summed E-state index contributed by atoms with van der Waals surface area (Å²) >= 11 is 0. The highest BCUT2D eigenvalue weighted by atomic mass is 16.4. The van der Waals surface area contributed by atoms with Crippen LogP contribution in [0.5, 0.6) is 0 Å². The fourth-order valence-corrected chi connectivity index (χ4v) is 2.27. The highest BCUT2D eigenvalue weighted by Gasteiger charge is 2.31. The number of amides is 1. The number of carboxylic acid groups (broad SMARTS) is 1. The van der Waals surface area contributed by atoms with Crippen molar-refractivity contribution in [3.05, 3.63) is 0 Å². The van der Waals surface area contributed by atoms with E-state index in [1.165, 1.54) is 0 Å². The van der Waals surface area contributed by atoms with Gasteiger partial charge in [-0.25, -0.2) is 4.79 Å². The Balaban J connectivity index is 2.46. The van der Waals surface area contributed by atoms with Gasteiger partial charge in [-0.2, -0.15) is 0 Å². The van der Waals surface area contributed by atoms with Gasteiger partial charge in [-0.1, -0.05) is 13.3 Å². The molecule has 0 unspecified atom stereocenters. The molecule has 0 aliphatic carbocycles. The zero-order valence-corrected chi connectivity index (χ0v) is 8.81. The number of carbonyl (C=O) groups is 1. The molecule has 14 heavy (non-hydrogen) atoms. The van der Waals surface area contributed by atoms with E-state index in [4.69, 9.17) is 5.11 Å². The van der Waals surface area contributed by atoms with Gasteiger partial charge in [0, 0.05) is 6.54 Å². The van der Waals surface area contributed by atoms with Crippen LogP contribution in [0.2, 0.25) is 0 Å². The van der Waals surface area contributed by atoms with E-state index in [9.17, 15) is 4.79 Å². The third kappa shape index (κ3) is 3.18. The van der Waals surface area contributed by atoms with Crippen molar-refractivity contribution in [3.8, 4) is 0 Å². The zero-order valence-electron chi connectivity index (χ0n) is 8.81. The maximum absolute atomic E-state index is 10.5. The van der Waals surface area contributed by atoms with Crippen molar-refractivity contribution in [2.24, 2.45) is 5.41 Å². The summed E-state index contributed by atoms with van der Waals surface area (Å²) in [6.07, 6.45) is 3.51. The second-order valence-electron chi connectivity index (χ2n) is 4.16. The molecule has 0 aromatic carbocycles. The van der Waals surface area contributed by atoms with Crippen LogP contribution in [0.25, 0.3) is 0 Å². The molecule has 4 heteroatoms. The minimum atomic E-state index is -0.904. The van der Waals surface area contributed by atoms with Gasteiger partial charge in [0.05, 0.1) is 0 Å². The summed E-state index contributed by atoms with van der Waals surface area (Å²) in [5, 5.41) is 14.4. The maximum atomic E-state index is 10.5. The summed E-state index contributed by atoms with van der Waals surface area (Å²) in [4.78, 5) is 10.5. The Hall–Kier alpha value is -0.770. The molecule has 1 fully saturated rings. The summed E-state index contributed by atoms with van der Waals surface area (Å²) in [7, 11) is 0. The Morgan fingerprint density at radius 1 is 1.50 bits per heavy atom. The Morgan fingerprint density at radius 2 is 2.14 bits per heavy atom. The maximum Gasteiger partial charge on any atom is 0.404 e. The smallest absolute Gasteiger partial charge is 0.404 e. The van der Waals surface area contributed by atoms with E-state index in [0.29, 0.717) is 6.54 Å². The van der Waals surface area contributed by atoms with Crippen molar-refractivity contribution in [1.29, 1.82) is 0 Å². The normalized spacial score (nSPS) is 20.4. The average molecular weight is 200 g/mol. The quantitative estimate of drug-likeness (QED) is 0.643. The topological polar surface area (TPSA) is 61.4 Å². The van der Waals surface area contributed by atoms with Crippen LogP contribution in [0.1, 0.15) is 32.6 Å². The van der Waals surface area contributed by atoms with Gasteiger partial charge in [0.15, 0.2) is 0 Å². The van der Waals surface area contributed by atoms with E-state index in [-0.39, 0.29) is 5.41 Å². The van der Waals surface area contributed by atoms with Crippen LogP contribution < -0.4 is 10.6 Å². The van der Waals surface area contributed by atoms with Crippen molar-refractivity contribution in [3.63, 3.8) is 0 Å². The van der Waals surface area contributed by atoms with Gasteiger partial charge in [0.25, 0.3) is 0 Å². The van der Waals surface area contributed by atoms with Crippen LogP contribution in [-0.4, -0.2) is 30.8 Å². The molecule has 1 rings (SSSR count). The number of hydrogen-bond donors (Lipinski definition) is 3. The molecule has 0 spiro atoms. The lowest BCUT2D eigenvalue weighted by atomic mass is 9.75. The van der Waals surface area contributed by atoms with Gasteiger partial charge in [0.2, 0.25) is 0 Å². The van der Waals surface area contributed by atoms with Gasteiger partial charge in [0.1, 0.15) is 0 Å². The van der Waals surface area contributed by atoms with Crippen molar-refractivity contribution >= 4 is 6.09 Å². The molecule has 0 atom stereocenters. The summed E-state index contributed by atoms with van der Waals surface area (Å²) in [6, 6.07) is 0. The molecule has 0 radical (unpaired) electrons. The lowest BCUT2D eigenvalue weighted by molar-refractivity contribution is 0.157. The molecule has 1 amide bonds.